The molecule has 2 amide bonds. The van der Waals surface area contributed by atoms with Gasteiger partial charge in [-0.25, -0.2) is 8.42 Å². The zero-order valence-corrected chi connectivity index (χ0v) is 20.7. The van der Waals surface area contributed by atoms with Crippen LogP contribution in [0.2, 0.25) is 0 Å². The third kappa shape index (κ3) is 6.95. The normalized spacial score (nSPS) is 12.0. The number of nitrogens with one attached hydrogen (secondary N) is 1. The molecule has 1 atom stereocenters. The van der Waals surface area contributed by atoms with Crippen molar-refractivity contribution in [3.63, 3.8) is 0 Å². The second-order valence-corrected chi connectivity index (χ2v) is 9.63. The maximum Gasteiger partial charge on any atom is 0.244 e. The molecular formula is C24H33N3O5S. The summed E-state index contributed by atoms with van der Waals surface area (Å²) in [5.74, 6) is -0.426. The predicted octanol–water partition coefficient (Wildman–Crippen LogP) is 2.71. The average molecular weight is 476 g/mol. The Kier molecular flexibility index (Phi) is 9.28. The van der Waals surface area contributed by atoms with E-state index in [2.05, 4.69) is 5.32 Å². The van der Waals surface area contributed by atoms with Crippen molar-refractivity contribution in [2.24, 2.45) is 0 Å². The molecule has 33 heavy (non-hydrogen) atoms. The van der Waals surface area contributed by atoms with Crippen LogP contribution in [0.25, 0.3) is 0 Å². The van der Waals surface area contributed by atoms with Crippen LogP contribution >= 0.6 is 0 Å². The molecule has 0 heterocycles. The summed E-state index contributed by atoms with van der Waals surface area (Å²) in [6.45, 7) is 5.62. The highest BCUT2D eigenvalue weighted by atomic mass is 32.2. The third-order valence-electron chi connectivity index (χ3n) is 5.18. The number of aryl methyl sites for hydroxylation is 1. The SMILES string of the molecule is CCOc1ccccc1N(CC(=O)N(Cc1cccc(C)c1)C(CC)C(=O)NC)S(C)(=O)=O. The quantitative estimate of drug-likeness (QED) is 0.539. The van der Waals surface area contributed by atoms with Crippen LogP contribution in [0.5, 0.6) is 5.75 Å². The molecule has 1 unspecified atom stereocenters. The fourth-order valence-corrected chi connectivity index (χ4v) is 4.48. The Bertz CT molecular complexity index is 1070. The predicted molar refractivity (Wildman–Crippen MR) is 130 cm³/mol. The summed E-state index contributed by atoms with van der Waals surface area (Å²) < 4.78 is 32.0. The summed E-state index contributed by atoms with van der Waals surface area (Å²) >= 11 is 0. The van der Waals surface area contributed by atoms with E-state index < -0.39 is 28.5 Å². The van der Waals surface area contributed by atoms with Crippen molar-refractivity contribution in [3.05, 3.63) is 59.7 Å². The number of carbonyl (C=O) groups is 2. The van der Waals surface area contributed by atoms with Crippen LogP contribution in [0.1, 0.15) is 31.4 Å². The number of amides is 2. The Morgan fingerprint density at radius 3 is 2.36 bits per heavy atom. The van der Waals surface area contributed by atoms with Crippen molar-refractivity contribution in [1.29, 1.82) is 0 Å². The molecule has 0 fully saturated rings. The summed E-state index contributed by atoms with van der Waals surface area (Å²) in [5, 5.41) is 2.60. The van der Waals surface area contributed by atoms with Crippen molar-refractivity contribution in [1.82, 2.24) is 10.2 Å². The van der Waals surface area contributed by atoms with Crippen LogP contribution in [0, 0.1) is 6.92 Å². The lowest BCUT2D eigenvalue weighted by atomic mass is 10.1. The van der Waals surface area contributed by atoms with Gasteiger partial charge in [0.05, 0.1) is 18.6 Å². The summed E-state index contributed by atoms with van der Waals surface area (Å²) in [6.07, 6.45) is 1.43. The fourth-order valence-electron chi connectivity index (χ4n) is 3.63. The molecule has 0 saturated heterocycles. The van der Waals surface area contributed by atoms with Gasteiger partial charge < -0.3 is 15.0 Å². The summed E-state index contributed by atoms with van der Waals surface area (Å²) in [6, 6.07) is 13.6. The largest absolute Gasteiger partial charge is 0.492 e. The van der Waals surface area contributed by atoms with Crippen molar-refractivity contribution in [2.75, 3.05) is 30.8 Å². The van der Waals surface area contributed by atoms with E-state index in [1.165, 1.54) is 11.9 Å². The van der Waals surface area contributed by atoms with Gasteiger partial charge >= 0.3 is 0 Å². The molecule has 2 rings (SSSR count). The maximum atomic E-state index is 13.6. The first kappa shape index (κ1) is 26.2. The van der Waals surface area contributed by atoms with Crippen LogP contribution in [0.4, 0.5) is 5.69 Å². The molecular weight excluding hydrogens is 442 g/mol. The van der Waals surface area contributed by atoms with Crippen LogP contribution in [0.15, 0.2) is 48.5 Å². The van der Waals surface area contributed by atoms with Gasteiger partial charge in [0.2, 0.25) is 21.8 Å². The lowest BCUT2D eigenvalue weighted by molar-refractivity contribution is -0.140. The Hall–Kier alpha value is -3.07. The van der Waals surface area contributed by atoms with Crippen LogP contribution in [-0.4, -0.2) is 57.6 Å². The topological polar surface area (TPSA) is 96.0 Å². The molecule has 0 aliphatic rings. The number of anilines is 1. The Morgan fingerprint density at radius 2 is 1.79 bits per heavy atom. The number of rotatable bonds is 11. The van der Waals surface area contributed by atoms with Crippen LogP contribution < -0.4 is 14.4 Å². The summed E-state index contributed by atoms with van der Waals surface area (Å²) in [4.78, 5) is 27.6. The first-order valence-corrected chi connectivity index (χ1v) is 12.7. The molecule has 0 saturated carbocycles. The number of para-hydroxylation sites is 2. The number of likely N-dealkylation sites (N-methyl/N-ethyl adjacent to an activating group) is 1. The minimum atomic E-state index is -3.82. The van der Waals surface area contributed by atoms with Crippen LogP contribution in [0.3, 0.4) is 0 Å². The lowest BCUT2D eigenvalue weighted by Crippen LogP contribution is -2.51. The molecule has 0 aliphatic heterocycles. The van der Waals surface area contributed by atoms with E-state index in [4.69, 9.17) is 4.74 Å². The minimum absolute atomic E-state index is 0.178. The Balaban J connectivity index is 2.47. The van der Waals surface area contributed by atoms with Gasteiger partial charge in [-0.05, 0) is 38.0 Å². The van der Waals surface area contributed by atoms with Gasteiger partial charge in [-0.15, -0.1) is 0 Å². The number of benzene rings is 2. The van der Waals surface area contributed by atoms with Gasteiger partial charge in [0.15, 0.2) is 0 Å². The smallest absolute Gasteiger partial charge is 0.244 e. The molecule has 2 aromatic rings. The summed E-state index contributed by atoms with van der Waals surface area (Å²) in [5.41, 5.74) is 2.15. The number of hydrogen-bond donors (Lipinski definition) is 1. The number of hydrogen-bond acceptors (Lipinski definition) is 5. The Morgan fingerprint density at radius 1 is 1.09 bits per heavy atom. The molecule has 8 nitrogen and oxygen atoms in total. The standard InChI is InChI=1S/C24H33N3O5S/c1-6-20(24(29)25-4)26(16-19-12-10-11-18(3)15-19)23(28)17-27(33(5,30)31)21-13-8-9-14-22(21)32-7-2/h8-15,20H,6-7,16-17H2,1-5H3,(H,25,29). The summed E-state index contributed by atoms with van der Waals surface area (Å²) in [7, 11) is -2.30. The first-order chi connectivity index (χ1) is 15.6. The molecule has 9 heteroatoms. The van der Waals surface area contributed by atoms with Gasteiger partial charge in [-0.3, -0.25) is 13.9 Å². The van der Waals surface area contributed by atoms with E-state index in [9.17, 15) is 18.0 Å². The van der Waals surface area contributed by atoms with Gasteiger partial charge in [0.25, 0.3) is 0 Å². The second-order valence-electron chi connectivity index (χ2n) is 7.72. The molecule has 0 radical (unpaired) electrons. The highest BCUT2D eigenvalue weighted by Crippen LogP contribution is 2.30. The van der Waals surface area contributed by atoms with E-state index >= 15 is 0 Å². The lowest BCUT2D eigenvalue weighted by Gasteiger charge is -2.33. The van der Waals surface area contributed by atoms with Crippen molar-refractivity contribution in [3.8, 4) is 5.75 Å². The van der Waals surface area contributed by atoms with Crippen molar-refractivity contribution in [2.45, 2.75) is 39.8 Å². The monoisotopic (exact) mass is 475 g/mol. The van der Waals surface area contributed by atoms with E-state index in [-0.39, 0.29) is 18.1 Å². The molecule has 1 N–H and O–H groups in total. The number of sulfonamides is 1. The third-order valence-corrected chi connectivity index (χ3v) is 6.31. The molecule has 0 bridgehead atoms. The Labute approximate surface area is 196 Å². The molecule has 180 valence electrons. The van der Waals surface area contributed by atoms with Gasteiger partial charge in [-0.1, -0.05) is 48.9 Å². The minimum Gasteiger partial charge on any atom is -0.492 e. The zero-order valence-electron chi connectivity index (χ0n) is 19.9. The van der Waals surface area contributed by atoms with Gasteiger partial charge in [0.1, 0.15) is 18.3 Å². The number of nitrogens with zero attached hydrogens (tertiary/aromatic N) is 2. The van der Waals surface area contributed by atoms with Crippen molar-refractivity contribution >= 4 is 27.5 Å². The average Bonchev–Trinajstić information content (AvgIpc) is 2.77. The highest BCUT2D eigenvalue weighted by molar-refractivity contribution is 7.92. The molecule has 0 spiro atoms. The van der Waals surface area contributed by atoms with Gasteiger partial charge in [-0.2, -0.15) is 0 Å². The van der Waals surface area contributed by atoms with E-state index in [0.717, 1.165) is 21.7 Å². The number of ether oxygens (including phenoxy) is 1. The molecule has 0 aliphatic carbocycles. The fraction of sp³-hybridized carbons (Fsp3) is 0.417. The maximum absolute atomic E-state index is 13.6. The van der Waals surface area contributed by atoms with Crippen LogP contribution in [-0.2, 0) is 26.2 Å². The first-order valence-electron chi connectivity index (χ1n) is 10.9. The zero-order chi connectivity index (χ0) is 24.6. The number of carbonyl (C=O) groups excluding carboxylic acids is 2. The van der Waals surface area contributed by atoms with Gasteiger partial charge in [0, 0.05) is 13.6 Å². The second kappa shape index (κ2) is 11.7. The van der Waals surface area contributed by atoms with E-state index in [1.807, 2.05) is 38.1 Å². The highest BCUT2D eigenvalue weighted by Gasteiger charge is 2.32. The van der Waals surface area contributed by atoms with E-state index in [0.29, 0.717) is 18.8 Å². The molecule has 0 aromatic heterocycles. The molecule has 2 aromatic carbocycles. The van der Waals surface area contributed by atoms with Crippen molar-refractivity contribution < 1.29 is 22.7 Å². The van der Waals surface area contributed by atoms with E-state index in [1.54, 1.807) is 31.2 Å².